The van der Waals surface area contributed by atoms with Crippen molar-refractivity contribution >= 4 is 5.96 Å². The maximum Gasteiger partial charge on any atom is 0.401 e. The monoisotopic (exact) mass is 433 g/mol. The molecule has 2 fully saturated rings. The third kappa shape index (κ3) is 9.86. The van der Waals surface area contributed by atoms with Crippen LogP contribution in [0.15, 0.2) is 4.99 Å². The van der Waals surface area contributed by atoms with Crippen molar-refractivity contribution in [2.24, 2.45) is 10.9 Å². The van der Waals surface area contributed by atoms with E-state index in [0.29, 0.717) is 13.1 Å². The summed E-state index contributed by atoms with van der Waals surface area (Å²) in [6.45, 7) is 11.0. The Morgan fingerprint density at radius 3 is 2.50 bits per heavy atom. The average Bonchev–Trinajstić information content (AvgIpc) is 3.17. The third-order valence-electron chi connectivity index (χ3n) is 6.13. The molecule has 1 unspecified atom stereocenters. The van der Waals surface area contributed by atoms with E-state index >= 15 is 0 Å². The molecular formula is C22H42F3N5. The Labute approximate surface area is 181 Å². The van der Waals surface area contributed by atoms with Gasteiger partial charge in [-0.3, -0.25) is 9.89 Å². The van der Waals surface area contributed by atoms with Gasteiger partial charge in [0.1, 0.15) is 0 Å². The lowest BCUT2D eigenvalue weighted by atomic mass is 10.1. The highest BCUT2D eigenvalue weighted by atomic mass is 19.4. The van der Waals surface area contributed by atoms with Crippen molar-refractivity contribution in [2.45, 2.75) is 65.0 Å². The van der Waals surface area contributed by atoms with Crippen molar-refractivity contribution in [3.05, 3.63) is 0 Å². The van der Waals surface area contributed by atoms with Gasteiger partial charge in [-0.1, -0.05) is 19.8 Å². The molecule has 2 heterocycles. The number of rotatable bonds is 11. The molecule has 2 aliphatic heterocycles. The Kier molecular flexibility index (Phi) is 11.3. The van der Waals surface area contributed by atoms with Crippen LogP contribution in [0.2, 0.25) is 0 Å². The number of guanidine groups is 1. The van der Waals surface area contributed by atoms with Crippen LogP contribution in [0, 0.1) is 5.92 Å². The molecule has 0 saturated carbocycles. The van der Waals surface area contributed by atoms with Crippen LogP contribution >= 0.6 is 0 Å². The summed E-state index contributed by atoms with van der Waals surface area (Å²) in [5.74, 6) is 1.19. The topological polar surface area (TPSA) is 34.1 Å². The maximum atomic E-state index is 12.7. The second kappa shape index (κ2) is 13.4. The van der Waals surface area contributed by atoms with Crippen molar-refractivity contribution in [2.75, 3.05) is 65.4 Å². The van der Waals surface area contributed by atoms with E-state index in [0.717, 1.165) is 45.0 Å². The van der Waals surface area contributed by atoms with Crippen LogP contribution in [0.25, 0.3) is 0 Å². The zero-order chi connectivity index (χ0) is 21.8. The van der Waals surface area contributed by atoms with Gasteiger partial charge in [-0.05, 0) is 71.1 Å². The summed E-state index contributed by atoms with van der Waals surface area (Å²) in [6, 6.07) is 0. The summed E-state index contributed by atoms with van der Waals surface area (Å²) in [4.78, 5) is 11.1. The molecule has 0 amide bonds. The fourth-order valence-corrected chi connectivity index (χ4v) is 4.52. The summed E-state index contributed by atoms with van der Waals surface area (Å²) < 4.78 is 38.2. The highest BCUT2D eigenvalue weighted by Crippen LogP contribution is 2.21. The lowest BCUT2D eigenvalue weighted by Crippen LogP contribution is -2.41. The Hall–Kier alpha value is -1.02. The van der Waals surface area contributed by atoms with Crippen LogP contribution < -0.4 is 5.32 Å². The van der Waals surface area contributed by atoms with Crippen molar-refractivity contribution < 1.29 is 13.2 Å². The molecule has 176 valence electrons. The molecule has 0 bridgehead atoms. The van der Waals surface area contributed by atoms with Gasteiger partial charge in [0, 0.05) is 32.7 Å². The first kappa shape index (κ1) is 25.2. The number of nitrogens with one attached hydrogen (secondary N) is 1. The van der Waals surface area contributed by atoms with Crippen molar-refractivity contribution in [1.29, 1.82) is 0 Å². The average molecular weight is 434 g/mol. The number of halogens is 3. The van der Waals surface area contributed by atoms with E-state index in [2.05, 4.69) is 22.0 Å². The van der Waals surface area contributed by atoms with Gasteiger partial charge in [-0.15, -0.1) is 0 Å². The number of unbranched alkanes of at least 4 members (excludes halogenated alkanes) is 2. The molecule has 0 spiro atoms. The predicted octanol–water partition coefficient (Wildman–Crippen LogP) is 3.81. The van der Waals surface area contributed by atoms with Gasteiger partial charge in [0.25, 0.3) is 0 Å². The minimum absolute atomic E-state index is 0.265. The molecule has 8 heteroatoms. The highest BCUT2D eigenvalue weighted by Gasteiger charge is 2.33. The van der Waals surface area contributed by atoms with Crippen LogP contribution in [-0.4, -0.2) is 92.3 Å². The molecule has 2 rings (SSSR count). The summed E-state index contributed by atoms with van der Waals surface area (Å²) in [7, 11) is 0. The molecule has 0 aromatic carbocycles. The Morgan fingerprint density at radius 1 is 1.07 bits per heavy atom. The van der Waals surface area contributed by atoms with Crippen LogP contribution in [0.3, 0.4) is 0 Å². The Morgan fingerprint density at radius 2 is 1.83 bits per heavy atom. The van der Waals surface area contributed by atoms with Crippen LogP contribution in [0.5, 0.6) is 0 Å². The molecule has 0 aromatic rings. The van der Waals surface area contributed by atoms with Crippen molar-refractivity contribution in [3.8, 4) is 0 Å². The Balaban J connectivity index is 1.70. The van der Waals surface area contributed by atoms with Crippen molar-refractivity contribution in [1.82, 2.24) is 20.0 Å². The predicted molar refractivity (Wildman–Crippen MR) is 118 cm³/mol. The highest BCUT2D eigenvalue weighted by molar-refractivity contribution is 5.80. The van der Waals surface area contributed by atoms with Gasteiger partial charge in [0.15, 0.2) is 5.96 Å². The van der Waals surface area contributed by atoms with E-state index in [4.69, 9.17) is 4.99 Å². The van der Waals surface area contributed by atoms with E-state index in [-0.39, 0.29) is 5.92 Å². The zero-order valence-corrected chi connectivity index (χ0v) is 19.0. The van der Waals surface area contributed by atoms with Gasteiger partial charge >= 0.3 is 6.18 Å². The first-order valence-corrected chi connectivity index (χ1v) is 12.0. The molecule has 30 heavy (non-hydrogen) atoms. The largest absolute Gasteiger partial charge is 0.401 e. The summed E-state index contributed by atoms with van der Waals surface area (Å²) in [6.07, 6.45) is 4.41. The SMILES string of the molecule is CCNC(=NCCCCCN1CCCCC1)N1CCC(CN(CC)CC(F)(F)F)C1. The molecule has 5 nitrogen and oxygen atoms in total. The third-order valence-corrected chi connectivity index (χ3v) is 6.13. The van der Waals surface area contributed by atoms with Crippen LogP contribution in [-0.2, 0) is 0 Å². The first-order chi connectivity index (χ1) is 14.4. The smallest absolute Gasteiger partial charge is 0.357 e. The van der Waals surface area contributed by atoms with E-state index in [1.54, 1.807) is 6.92 Å². The first-order valence-electron chi connectivity index (χ1n) is 12.0. The lowest BCUT2D eigenvalue weighted by molar-refractivity contribution is -0.146. The normalized spacial score (nSPS) is 21.6. The molecule has 2 saturated heterocycles. The van der Waals surface area contributed by atoms with Gasteiger partial charge < -0.3 is 15.1 Å². The quantitative estimate of drug-likeness (QED) is 0.305. The minimum Gasteiger partial charge on any atom is -0.357 e. The zero-order valence-electron chi connectivity index (χ0n) is 19.0. The van der Waals surface area contributed by atoms with E-state index in [1.807, 2.05) is 0 Å². The minimum atomic E-state index is -4.13. The molecule has 0 aliphatic carbocycles. The second-order valence-electron chi connectivity index (χ2n) is 8.74. The number of piperidine rings is 1. The molecule has 2 aliphatic rings. The van der Waals surface area contributed by atoms with Gasteiger partial charge in [0.05, 0.1) is 6.54 Å². The summed E-state index contributed by atoms with van der Waals surface area (Å²) in [5, 5.41) is 3.37. The second-order valence-corrected chi connectivity index (χ2v) is 8.74. The number of likely N-dealkylation sites (tertiary alicyclic amines) is 2. The number of aliphatic imine (C=N–C) groups is 1. The summed E-state index contributed by atoms with van der Waals surface area (Å²) in [5.41, 5.74) is 0. The molecule has 1 atom stereocenters. The van der Waals surface area contributed by atoms with Gasteiger partial charge in [-0.25, -0.2) is 0 Å². The number of alkyl halides is 3. The molecule has 1 N–H and O–H groups in total. The van der Waals surface area contributed by atoms with Gasteiger partial charge in [0.2, 0.25) is 0 Å². The number of hydrogen-bond donors (Lipinski definition) is 1. The fourth-order valence-electron chi connectivity index (χ4n) is 4.52. The maximum absolute atomic E-state index is 12.7. The lowest BCUT2D eigenvalue weighted by Gasteiger charge is -2.26. The standard InChI is InChI=1S/C22H42F3N5/c1-3-26-21(27-12-7-5-8-13-29-14-9-6-10-15-29)30-16-11-20(18-30)17-28(4-2)19-22(23,24)25/h20H,3-19H2,1-2H3,(H,26,27). The van der Waals surface area contributed by atoms with Gasteiger partial charge in [-0.2, -0.15) is 13.2 Å². The molecule has 0 radical (unpaired) electrons. The van der Waals surface area contributed by atoms with E-state index in [1.165, 1.54) is 56.6 Å². The molecular weight excluding hydrogens is 391 g/mol. The molecule has 0 aromatic heterocycles. The number of hydrogen-bond acceptors (Lipinski definition) is 3. The van der Waals surface area contributed by atoms with E-state index < -0.39 is 12.7 Å². The van der Waals surface area contributed by atoms with Crippen molar-refractivity contribution in [3.63, 3.8) is 0 Å². The van der Waals surface area contributed by atoms with Crippen LogP contribution in [0.1, 0.15) is 58.8 Å². The Bertz CT molecular complexity index is 492. The fraction of sp³-hybridized carbons (Fsp3) is 0.955. The van der Waals surface area contributed by atoms with E-state index in [9.17, 15) is 13.2 Å². The summed E-state index contributed by atoms with van der Waals surface area (Å²) >= 11 is 0. The number of nitrogens with zero attached hydrogens (tertiary/aromatic N) is 4. The van der Waals surface area contributed by atoms with Crippen LogP contribution in [0.4, 0.5) is 13.2 Å².